The molecule has 0 aromatic carbocycles. The molecule has 0 aromatic heterocycles. The van der Waals surface area contributed by atoms with Crippen molar-refractivity contribution in [3.8, 4) is 0 Å². The summed E-state index contributed by atoms with van der Waals surface area (Å²) in [6.07, 6.45) is 5.76. The zero-order chi connectivity index (χ0) is 13.1. The molecule has 3 atom stereocenters. The lowest BCUT2D eigenvalue weighted by Crippen LogP contribution is -2.57. The molecule has 3 nitrogen and oxygen atoms in total. The van der Waals surface area contributed by atoms with E-state index in [-0.39, 0.29) is 0 Å². The second-order valence-electron chi connectivity index (χ2n) is 6.52. The average Bonchev–Trinajstić information content (AvgIpc) is 2.86. The number of nitrogens with one attached hydrogen (secondary N) is 1. The van der Waals surface area contributed by atoms with Gasteiger partial charge in [-0.3, -0.25) is 9.80 Å². The molecule has 1 aliphatic carbocycles. The summed E-state index contributed by atoms with van der Waals surface area (Å²) in [6.45, 7) is 8.40. The van der Waals surface area contributed by atoms with E-state index >= 15 is 0 Å². The first-order valence-electron chi connectivity index (χ1n) is 7.73. The van der Waals surface area contributed by atoms with Crippen molar-refractivity contribution in [2.75, 3.05) is 33.7 Å². The standard InChI is InChI=1S/C15H31N3/c1-12-9-18(10-13(2)17(12)4)11-15(16-3)14-7-5-6-8-14/h12-16H,5-11H2,1-4H3. The van der Waals surface area contributed by atoms with Gasteiger partial charge in [0.1, 0.15) is 0 Å². The van der Waals surface area contributed by atoms with Crippen LogP contribution in [0.15, 0.2) is 0 Å². The smallest absolute Gasteiger partial charge is 0.0220 e. The van der Waals surface area contributed by atoms with Gasteiger partial charge in [0.2, 0.25) is 0 Å². The Balaban J connectivity index is 1.87. The highest BCUT2D eigenvalue weighted by atomic mass is 15.3. The summed E-state index contributed by atoms with van der Waals surface area (Å²) in [5.41, 5.74) is 0. The molecule has 0 amide bonds. The van der Waals surface area contributed by atoms with Gasteiger partial charge in [0.15, 0.2) is 0 Å². The molecule has 2 aliphatic rings. The van der Waals surface area contributed by atoms with E-state index < -0.39 is 0 Å². The largest absolute Gasteiger partial charge is 0.315 e. The molecule has 106 valence electrons. The van der Waals surface area contributed by atoms with Gasteiger partial charge in [-0.1, -0.05) is 12.8 Å². The van der Waals surface area contributed by atoms with Gasteiger partial charge in [0, 0.05) is 37.8 Å². The van der Waals surface area contributed by atoms with E-state index in [1.54, 1.807) is 0 Å². The second kappa shape index (κ2) is 6.36. The fourth-order valence-electron chi connectivity index (χ4n) is 3.78. The van der Waals surface area contributed by atoms with Crippen molar-refractivity contribution in [2.24, 2.45) is 5.92 Å². The molecule has 1 saturated heterocycles. The molecule has 18 heavy (non-hydrogen) atoms. The summed E-state index contributed by atoms with van der Waals surface area (Å²) >= 11 is 0. The highest BCUT2D eigenvalue weighted by molar-refractivity contribution is 4.88. The molecule has 3 unspecified atom stereocenters. The van der Waals surface area contributed by atoms with Crippen molar-refractivity contribution in [2.45, 2.75) is 57.7 Å². The molecule has 1 heterocycles. The summed E-state index contributed by atoms with van der Waals surface area (Å²) in [5.74, 6) is 0.917. The van der Waals surface area contributed by atoms with Crippen LogP contribution in [0.1, 0.15) is 39.5 Å². The number of hydrogen-bond acceptors (Lipinski definition) is 3. The summed E-state index contributed by atoms with van der Waals surface area (Å²) in [6, 6.07) is 2.08. The molecule has 0 radical (unpaired) electrons. The van der Waals surface area contributed by atoms with Crippen molar-refractivity contribution in [1.82, 2.24) is 15.1 Å². The lowest BCUT2D eigenvalue weighted by molar-refractivity contribution is 0.0503. The maximum atomic E-state index is 3.58. The third-order valence-corrected chi connectivity index (χ3v) is 5.23. The van der Waals surface area contributed by atoms with Crippen LogP contribution in [0.3, 0.4) is 0 Å². The Bertz CT molecular complexity index is 238. The van der Waals surface area contributed by atoms with E-state index in [4.69, 9.17) is 0 Å². The summed E-state index contributed by atoms with van der Waals surface area (Å²) in [5, 5.41) is 3.58. The van der Waals surface area contributed by atoms with E-state index in [2.05, 4.69) is 43.1 Å². The molecule has 0 aromatic rings. The van der Waals surface area contributed by atoms with Gasteiger partial charge in [-0.25, -0.2) is 0 Å². The predicted octanol–water partition coefficient (Wildman–Crippen LogP) is 1.79. The highest BCUT2D eigenvalue weighted by Gasteiger charge is 2.30. The van der Waals surface area contributed by atoms with E-state index in [1.807, 2.05) is 0 Å². The van der Waals surface area contributed by atoms with E-state index in [0.717, 1.165) is 5.92 Å². The first-order valence-corrected chi connectivity index (χ1v) is 7.73. The Morgan fingerprint density at radius 3 is 2.17 bits per heavy atom. The van der Waals surface area contributed by atoms with Crippen molar-refractivity contribution >= 4 is 0 Å². The van der Waals surface area contributed by atoms with Gasteiger partial charge in [0.25, 0.3) is 0 Å². The Morgan fingerprint density at radius 1 is 1.11 bits per heavy atom. The number of rotatable bonds is 4. The number of likely N-dealkylation sites (N-methyl/N-ethyl adjacent to an activating group) is 2. The van der Waals surface area contributed by atoms with Crippen molar-refractivity contribution in [3.63, 3.8) is 0 Å². The fraction of sp³-hybridized carbons (Fsp3) is 1.00. The monoisotopic (exact) mass is 253 g/mol. The summed E-state index contributed by atoms with van der Waals surface area (Å²) < 4.78 is 0. The van der Waals surface area contributed by atoms with Crippen molar-refractivity contribution in [1.29, 1.82) is 0 Å². The lowest BCUT2D eigenvalue weighted by atomic mass is 9.96. The normalized spacial score (nSPS) is 34.0. The van der Waals surface area contributed by atoms with Gasteiger partial charge < -0.3 is 5.32 Å². The SMILES string of the molecule is CNC(CN1CC(C)N(C)C(C)C1)C1CCCC1. The van der Waals surface area contributed by atoms with Crippen LogP contribution < -0.4 is 5.32 Å². The zero-order valence-electron chi connectivity index (χ0n) is 12.7. The molecule has 0 spiro atoms. The van der Waals surface area contributed by atoms with E-state index in [1.165, 1.54) is 45.3 Å². The van der Waals surface area contributed by atoms with Crippen molar-refractivity contribution < 1.29 is 0 Å². The first kappa shape index (κ1) is 14.3. The molecule has 2 rings (SSSR count). The Kier molecular flexibility index (Phi) is 5.05. The number of nitrogens with zero attached hydrogens (tertiary/aromatic N) is 2. The Hall–Kier alpha value is -0.120. The van der Waals surface area contributed by atoms with Crippen molar-refractivity contribution in [3.05, 3.63) is 0 Å². The maximum absolute atomic E-state index is 3.58. The topological polar surface area (TPSA) is 18.5 Å². The number of piperazine rings is 1. The fourth-order valence-corrected chi connectivity index (χ4v) is 3.78. The minimum Gasteiger partial charge on any atom is -0.315 e. The average molecular weight is 253 g/mol. The van der Waals surface area contributed by atoms with Gasteiger partial charge in [-0.15, -0.1) is 0 Å². The summed E-state index contributed by atoms with van der Waals surface area (Å²) in [7, 11) is 4.41. The van der Waals surface area contributed by atoms with Gasteiger partial charge in [0.05, 0.1) is 0 Å². The van der Waals surface area contributed by atoms with Gasteiger partial charge in [-0.2, -0.15) is 0 Å². The third-order valence-electron chi connectivity index (χ3n) is 5.23. The van der Waals surface area contributed by atoms with Gasteiger partial charge in [-0.05, 0) is 46.7 Å². The van der Waals surface area contributed by atoms with Crippen LogP contribution >= 0.6 is 0 Å². The molecular formula is C15H31N3. The van der Waals surface area contributed by atoms with Crippen LogP contribution in [0.2, 0.25) is 0 Å². The number of hydrogen-bond donors (Lipinski definition) is 1. The molecule has 3 heteroatoms. The minimum absolute atomic E-state index is 0.690. The van der Waals surface area contributed by atoms with Crippen LogP contribution in [0.5, 0.6) is 0 Å². The molecule has 1 aliphatic heterocycles. The molecule has 0 bridgehead atoms. The van der Waals surface area contributed by atoms with Gasteiger partial charge >= 0.3 is 0 Å². The summed E-state index contributed by atoms with van der Waals surface area (Å²) in [4.78, 5) is 5.19. The van der Waals surface area contributed by atoms with Crippen LogP contribution in [-0.4, -0.2) is 61.7 Å². The first-order chi connectivity index (χ1) is 8.61. The van der Waals surface area contributed by atoms with E-state index in [0.29, 0.717) is 18.1 Å². The van der Waals surface area contributed by atoms with Crippen LogP contribution in [0.4, 0.5) is 0 Å². The third kappa shape index (κ3) is 3.25. The molecular weight excluding hydrogens is 222 g/mol. The maximum Gasteiger partial charge on any atom is 0.0220 e. The second-order valence-corrected chi connectivity index (χ2v) is 6.52. The lowest BCUT2D eigenvalue weighted by Gasteiger charge is -2.44. The highest BCUT2D eigenvalue weighted by Crippen LogP contribution is 2.28. The van der Waals surface area contributed by atoms with Crippen LogP contribution in [0.25, 0.3) is 0 Å². The Labute approximate surface area is 113 Å². The molecule has 1 saturated carbocycles. The Morgan fingerprint density at radius 2 is 1.67 bits per heavy atom. The predicted molar refractivity (Wildman–Crippen MR) is 77.9 cm³/mol. The minimum atomic E-state index is 0.690. The van der Waals surface area contributed by atoms with Crippen LogP contribution in [-0.2, 0) is 0 Å². The zero-order valence-corrected chi connectivity index (χ0v) is 12.7. The van der Waals surface area contributed by atoms with Crippen LogP contribution in [0, 0.1) is 5.92 Å². The van der Waals surface area contributed by atoms with E-state index in [9.17, 15) is 0 Å². The molecule has 2 fully saturated rings. The quantitative estimate of drug-likeness (QED) is 0.824. The molecule has 1 N–H and O–H groups in total.